The number of benzene rings is 2. The Morgan fingerprint density at radius 1 is 0.955 bits per heavy atom. The summed E-state index contributed by atoms with van der Waals surface area (Å²) in [7, 11) is 1.48. The zero-order valence-corrected chi connectivity index (χ0v) is 26.7. The van der Waals surface area contributed by atoms with Crippen molar-refractivity contribution in [3.63, 3.8) is 0 Å². The standard InChI is InChI=1S/C37H48N2O5/c1-5-8-27(10-7-14-40)9-6-11-33(41)23-34(42)13-12-30-22-36(44-4)35(43)21-31(30)19-29-20-32(37(38)39-24-29)18-28-16-25(2)15-26(3)17-28/h12-13,15-17,20-22,24,27,40,43H,5-11,14,18-19,23H2,1-4H3,(H2,38,39)/b13-12+/t27-/m0/s1. The van der Waals surface area contributed by atoms with Crippen LogP contribution in [0.2, 0.25) is 0 Å². The van der Waals surface area contributed by atoms with Crippen LogP contribution in [0, 0.1) is 19.8 Å². The van der Waals surface area contributed by atoms with Crippen molar-refractivity contribution in [1.82, 2.24) is 4.98 Å². The topological polar surface area (TPSA) is 123 Å². The molecule has 0 saturated heterocycles. The fourth-order valence-electron chi connectivity index (χ4n) is 5.85. The minimum absolute atomic E-state index is 0.000355. The number of carbonyl (C=O) groups is 2. The van der Waals surface area contributed by atoms with Crippen LogP contribution >= 0.6 is 0 Å². The van der Waals surface area contributed by atoms with Crippen LogP contribution in [0.4, 0.5) is 5.82 Å². The number of hydrogen-bond donors (Lipinski definition) is 3. The third-order valence-corrected chi connectivity index (χ3v) is 7.92. The first-order valence-corrected chi connectivity index (χ1v) is 15.7. The molecule has 3 aromatic rings. The third kappa shape index (κ3) is 10.9. The van der Waals surface area contributed by atoms with Crippen LogP contribution in [0.25, 0.3) is 6.08 Å². The number of nitrogen functional groups attached to an aromatic ring is 1. The number of aryl methyl sites for hydroxylation is 2. The predicted octanol–water partition coefficient (Wildman–Crippen LogP) is 7.08. The summed E-state index contributed by atoms with van der Waals surface area (Å²) in [5.41, 5.74) is 13.1. The predicted molar refractivity (Wildman–Crippen MR) is 177 cm³/mol. The van der Waals surface area contributed by atoms with E-state index < -0.39 is 0 Å². The number of methoxy groups -OCH3 is 1. The zero-order chi connectivity index (χ0) is 32.1. The summed E-state index contributed by atoms with van der Waals surface area (Å²) in [5.74, 6) is 0.962. The van der Waals surface area contributed by atoms with Gasteiger partial charge in [0.2, 0.25) is 0 Å². The lowest BCUT2D eigenvalue weighted by Gasteiger charge is -2.14. The Morgan fingerprint density at radius 3 is 2.34 bits per heavy atom. The summed E-state index contributed by atoms with van der Waals surface area (Å²) in [6.07, 6.45) is 11.8. The fourth-order valence-corrected chi connectivity index (χ4v) is 5.85. The molecule has 0 bridgehead atoms. The maximum Gasteiger partial charge on any atom is 0.163 e. The molecule has 0 unspecified atom stereocenters. The van der Waals surface area contributed by atoms with Gasteiger partial charge >= 0.3 is 0 Å². The number of ketones is 2. The second-order valence-corrected chi connectivity index (χ2v) is 11.9. The van der Waals surface area contributed by atoms with Gasteiger partial charge in [-0.1, -0.05) is 61.6 Å². The van der Waals surface area contributed by atoms with Crippen molar-refractivity contribution in [3.8, 4) is 11.5 Å². The Kier molecular flexibility index (Phi) is 13.6. The van der Waals surface area contributed by atoms with E-state index in [1.54, 1.807) is 24.4 Å². The van der Waals surface area contributed by atoms with Crippen LogP contribution in [-0.4, -0.2) is 40.5 Å². The highest BCUT2D eigenvalue weighted by atomic mass is 16.5. The molecule has 2 aromatic carbocycles. The lowest BCUT2D eigenvalue weighted by molar-refractivity contribution is -0.124. The molecular formula is C37H48N2O5. The van der Waals surface area contributed by atoms with E-state index in [4.69, 9.17) is 15.6 Å². The van der Waals surface area contributed by atoms with Gasteiger partial charge in [-0.05, 0) is 97.5 Å². The summed E-state index contributed by atoms with van der Waals surface area (Å²) in [4.78, 5) is 29.7. The van der Waals surface area contributed by atoms with E-state index in [-0.39, 0.29) is 30.3 Å². The Balaban J connectivity index is 1.70. The van der Waals surface area contributed by atoms with Gasteiger partial charge in [-0.25, -0.2) is 4.98 Å². The molecule has 4 N–H and O–H groups in total. The molecule has 0 saturated carbocycles. The second kappa shape index (κ2) is 17.4. The SMILES string of the molecule is CCC[C@H](CCCO)CCCC(=O)CC(=O)/C=C/c1cc(OC)c(O)cc1Cc1cnc(N)c(Cc2cc(C)cc(C)c2)c1. The molecule has 3 rings (SSSR count). The molecule has 1 heterocycles. The number of nitrogens with zero attached hydrogens (tertiary/aromatic N) is 1. The van der Waals surface area contributed by atoms with E-state index in [9.17, 15) is 14.7 Å². The van der Waals surface area contributed by atoms with Crippen LogP contribution in [0.15, 0.2) is 48.7 Å². The maximum atomic E-state index is 12.7. The van der Waals surface area contributed by atoms with Crippen LogP contribution in [0.3, 0.4) is 0 Å². The number of carbonyl (C=O) groups excluding carboxylic acids is 2. The van der Waals surface area contributed by atoms with E-state index >= 15 is 0 Å². The molecule has 0 radical (unpaired) electrons. The normalized spacial score (nSPS) is 12.0. The lowest BCUT2D eigenvalue weighted by atomic mass is 9.91. The van der Waals surface area contributed by atoms with Crippen molar-refractivity contribution < 1.29 is 24.5 Å². The molecule has 0 amide bonds. The van der Waals surface area contributed by atoms with Crippen LogP contribution in [-0.2, 0) is 22.4 Å². The summed E-state index contributed by atoms with van der Waals surface area (Å²) < 4.78 is 5.32. The first kappa shape index (κ1) is 34.5. The van der Waals surface area contributed by atoms with Crippen molar-refractivity contribution in [3.05, 3.63) is 87.6 Å². The monoisotopic (exact) mass is 600 g/mol. The number of allylic oxidation sites excluding steroid dienone is 1. The average molecular weight is 601 g/mol. The summed E-state index contributed by atoms with van der Waals surface area (Å²) in [5, 5.41) is 19.7. The van der Waals surface area contributed by atoms with E-state index in [1.807, 2.05) is 6.07 Å². The summed E-state index contributed by atoms with van der Waals surface area (Å²) in [6.45, 7) is 6.49. The first-order valence-electron chi connectivity index (χ1n) is 15.7. The van der Waals surface area contributed by atoms with Crippen LogP contribution in [0.1, 0.15) is 97.2 Å². The summed E-state index contributed by atoms with van der Waals surface area (Å²) in [6, 6.07) is 11.8. The van der Waals surface area contributed by atoms with Crippen molar-refractivity contribution >= 4 is 23.5 Å². The van der Waals surface area contributed by atoms with Crippen LogP contribution in [0.5, 0.6) is 11.5 Å². The molecular weight excluding hydrogens is 552 g/mol. The number of anilines is 1. The smallest absolute Gasteiger partial charge is 0.163 e. The molecule has 0 fully saturated rings. The number of phenols is 1. The highest BCUT2D eigenvalue weighted by molar-refractivity contribution is 6.06. The number of nitrogens with two attached hydrogens (primary N) is 1. The highest BCUT2D eigenvalue weighted by Crippen LogP contribution is 2.32. The van der Waals surface area contributed by atoms with Gasteiger partial charge in [0.25, 0.3) is 0 Å². The Hall–Kier alpha value is -3.97. The molecule has 44 heavy (non-hydrogen) atoms. The lowest BCUT2D eigenvalue weighted by Crippen LogP contribution is -2.07. The Bertz CT molecular complexity index is 1430. The molecule has 0 aliphatic carbocycles. The Labute approximate surface area is 262 Å². The number of ether oxygens (including phenoxy) is 1. The number of aliphatic hydroxyl groups is 1. The molecule has 1 atom stereocenters. The third-order valence-electron chi connectivity index (χ3n) is 7.92. The first-order chi connectivity index (χ1) is 21.1. The molecule has 1 aromatic heterocycles. The van der Waals surface area contributed by atoms with Gasteiger partial charge < -0.3 is 20.7 Å². The average Bonchev–Trinajstić information content (AvgIpc) is 2.96. The van der Waals surface area contributed by atoms with Crippen LogP contribution < -0.4 is 10.5 Å². The fraction of sp³-hybridized carbons (Fsp3) is 0.432. The van der Waals surface area contributed by atoms with Gasteiger partial charge in [-0.15, -0.1) is 0 Å². The van der Waals surface area contributed by atoms with Gasteiger partial charge in [0, 0.05) is 25.6 Å². The number of pyridine rings is 1. The number of phenolic OH excluding ortho intramolecular Hbond substituents is 1. The number of aliphatic hydroxyl groups excluding tert-OH is 1. The molecule has 0 aliphatic heterocycles. The Morgan fingerprint density at radius 2 is 1.66 bits per heavy atom. The highest BCUT2D eigenvalue weighted by Gasteiger charge is 2.14. The molecule has 0 spiro atoms. The van der Waals surface area contributed by atoms with Gasteiger partial charge in [0.1, 0.15) is 11.6 Å². The number of aromatic nitrogens is 1. The van der Waals surface area contributed by atoms with E-state index in [0.717, 1.165) is 60.8 Å². The number of aromatic hydroxyl groups is 1. The summed E-state index contributed by atoms with van der Waals surface area (Å²) >= 11 is 0. The van der Waals surface area contributed by atoms with Crippen molar-refractivity contribution in [2.45, 2.75) is 85.0 Å². The van der Waals surface area contributed by atoms with Gasteiger partial charge in [0.05, 0.1) is 13.5 Å². The van der Waals surface area contributed by atoms with Crippen molar-refractivity contribution in [1.29, 1.82) is 0 Å². The van der Waals surface area contributed by atoms with Gasteiger partial charge in [-0.2, -0.15) is 0 Å². The van der Waals surface area contributed by atoms with Gasteiger partial charge in [0.15, 0.2) is 17.3 Å². The molecule has 7 nitrogen and oxygen atoms in total. The quantitative estimate of drug-likeness (QED) is 0.105. The number of hydrogen-bond acceptors (Lipinski definition) is 7. The molecule has 0 aliphatic rings. The molecule has 7 heteroatoms. The van der Waals surface area contributed by atoms with E-state index in [0.29, 0.717) is 42.3 Å². The molecule has 236 valence electrons. The van der Waals surface area contributed by atoms with Crippen molar-refractivity contribution in [2.24, 2.45) is 5.92 Å². The largest absolute Gasteiger partial charge is 0.504 e. The minimum Gasteiger partial charge on any atom is -0.504 e. The number of Topliss-reactive ketones (excluding diaryl/α,β-unsaturated/α-hetero) is 1. The maximum absolute atomic E-state index is 12.7. The number of rotatable bonds is 18. The second-order valence-electron chi connectivity index (χ2n) is 11.9. The van der Waals surface area contributed by atoms with E-state index in [1.165, 1.54) is 24.3 Å². The van der Waals surface area contributed by atoms with Crippen molar-refractivity contribution in [2.75, 3.05) is 19.5 Å². The zero-order valence-electron chi connectivity index (χ0n) is 26.7. The van der Waals surface area contributed by atoms with E-state index in [2.05, 4.69) is 44.0 Å². The van der Waals surface area contributed by atoms with Gasteiger partial charge in [-0.3, -0.25) is 9.59 Å². The minimum atomic E-state index is -0.261.